The van der Waals surface area contributed by atoms with Crippen LogP contribution in [0.15, 0.2) is 54.6 Å². The monoisotopic (exact) mass is 325 g/mol. The van der Waals surface area contributed by atoms with E-state index in [9.17, 15) is 9.59 Å². The summed E-state index contributed by atoms with van der Waals surface area (Å²) >= 11 is 0. The lowest BCUT2D eigenvalue weighted by Gasteiger charge is -2.16. The number of anilines is 2. The minimum Gasteiger partial charge on any atom is -0.326 e. The van der Waals surface area contributed by atoms with Crippen molar-refractivity contribution >= 4 is 23.2 Å². The summed E-state index contributed by atoms with van der Waals surface area (Å²) in [5.74, 6) is -0.184. The van der Waals surface area contributed by atoms with Gasteiger partial charge in [0.2, 0.25) is 11.8 Å². The number of nitrogens with zero attached hydrogens (tertiary/aromatic N) is 1. The van der Waals surface area contributed by atoms with Crippen molar-refractivity contribution in [3.63, 3.8) is 0 Å². The van der Waals surface area contributed by atoms with Gasteiger partial charge in [-0.2, -0.15) is 0 Å². The highest BCUT2D eigenvalue weighted by Crippen LogP contribution is 2.15. The summed E-state index contributed by atoms with van der Waals surface area (Å²) in [6.45, 7) is 2.94. The number of nitrogens with one attached hydrogen (secondary N) is 2. The lowest BCUT2D eigenvalue weighted by atomic mass is 10.2. The van der Waals surface area contributed by atoms with Crippen molar-refractivity contribution in [2.24, 2.45) is 0 Å². The highest BCUT2D eigenvalue weighted by atomic mass is 16.2. The van der Waals surface area contributed by atoms with Crippen LogP contribution < -0.4 is 10.6 Å². The van der Waals surface area contributed by atoms with Gasteiger partial charge in [0.25, 0.3) is 0 Å². The van der Waals surface area contributed by atoms with Crippen LogP contribution in [0.5, 0.6) is 0 Å². The molecule has 0 unspecified atom stereocenters. The van der Waals surface area contributed by atoms with Gasteiger partial charge in [-0.1, -0.05) is 36.4 Å². The van der Waals surface area contributed by atoms with Crippen LogP contribution in [0, 0.1) is 0 Å². The molecule has 0 atom stereocenters. The first-order valence-corrected chi connectivity index (χ1v) is 7.93. The van der Waals surface area contributed by atoms with Crippen LogP contribution in [-0.4, -0.2) is 30.3 Å². The summed E-state index contributed by atoms with van der Waals surface area (Å²) in [7, 11) is 2.00. The third kappa shape index (κ3) is 6.22. The third-order valence-corrected chi connectivity index (χ3v) is 3.48. The molecule has 0 saturated heterocycles. The third-order valence-electron chi connectivity index (χ3n) is 3.48. The van der Waals surface area contributed by atoms with Crippen molar-refractivity contribution in [1.82, 2.24) is 4.90 Å². The predicted molar refractivity (Wildman–Crippen MR) is 96.8 cm³/mol. The van der Waals surface area contributed by atoms with E-state index < -0.39 is 0 Å². The maximum Gasteiger partial charge on any atom is 0.225 e. The minimum absolute atomic E-state index is 0.0464. The molecular formula is C19H23N3O2. The maximum atomic E-state index is 12.1. The van der Waals surface area contributed by atoms with Gasteiger partial charge in [0.05, 0.1) is 0 Å². The first-order chi connectivity index (χ1) is 11.5. The molecule has 2 amide bonds. The zero-order valence-corrected chi connectivity index (χ0v) is 14.1. The van der Waals surface area contributed by atoms with E-state index in [2.05, 4.69) is 27.7 Å². The van der Waals surface area contributed by atoms with E-state index >= 15 is 0 Å². The Balaban J connectivity index is 1.79. The fourth-order valence-electron chi connectivity index (χ4n) is 2.37. The summed E-state index contributed by atoms with van der Waals surface area (Å²) in [4.78, 5) is 25.3. The molecule has 0 aliphatic heterocycles. The van der Waals surface area contributed by atoms with E-state index in [4.69, 9.17) is 0 Å². The van der Waals surface area contributed by atoms with E-state index in [0.29, 0.717) is 24.3 Å². The topological polar surface area (TPSA) is 61.4 Å². The number of benzene rings is 2. The van der Waals surface area contributed by atoms with Crippen LogP contribution in [-0.2, 0) is 16.1 Å². The molecule has 2 rings (SSSR count). The molecule has 0 aromatic heterocycles. The van der Waals surface area contributed by atoms with Gasteiger partial charge in [-0.05, 0) is 30.8 Å². The Bertz CT molecular complexity index is 686. The molecular weight excluding hydrogens is 302 g/mol. The smallest absolute Gasteiger partial charge is 0.225 e. The summed E-state index contributed by atoms with van der Waals surface area (Å²) in [6.07, 6.45) is 0.410. The van der Waals surface area contributed by atoms with Crippen molar-refractivity contribution in [1.29, 1.82) is 0 Å². The molecule has 126 valence electrons. The molecule has 0 saturated carbocycles. The van der Waals surface area contributed by atoms with Crippen LogP contribution in [0.1, 0.15) is 18.9 Å². The molecule has 0 aliphatic rings. The fourth-order valence-corrected chi connectivity index (χ4v) is 2.37. The molecule has 2 aromatic rings. The number of carbonyl (C=O) groups excluding carboxylic acids is 2. The molecule has 24 heavy (non-hydrogen) atoms. The lowest BCUT2D eigenvalue weighted by molar-refractivity contribution is -0.116. The number of hydrogen-bond acceptors (Lipinski definition) is 3. The van der Waals surface area contributed by atoms with Crippen molar-refractivity contribution in [2.75, 3.05) is 24.2 Å². The summed E-state index contributed by atoms with van der Waals surface area (Å²) in [5.41, 5.74) is 2.57. The zero-order chi connectivity index (χ0) is 17.4. The Morgan fingerprint density at radius 1 is 0.958 bits per heavy atom. The van der Waals surface area contributed by atoms with E-state index in [1.54, 1.807) is 24.3 Å². The molecule has 0 bridgehead atoms. The number of carbonyl (C=O) groups is 2. The van der Waals surface area contributed by atoms with E-state index in [-0.39, 0.29) is 11.8 Å². The number of hydrogen-bond donors (Lipinski definition) is 2. The molecule has 0 radical (unpaired) electrons. The average molecular weight is 325 g/mol. The van der Waals surface area contributed by atoms with Crippen LogP contribution in [0.2, 0.25) is 0 Å². The molecule has 0 aliphatic carbocycles. The zero-order valence-electron chi connectivity index (χ0n) is 14.1. The van der Waals surface area contributed by atoms with Crippen LogP contribution in [0.4, 0.5) is 11.4 Å². The minimum atomic E-state index is -0.138. The first kappa shape index (κ1) is 17.7. The normalized spacial score (nSPS) is 10.5. The molecule has 0 spiro atoms. The lowest BCUT2D eigenvalue weighted by Crippen LogP contribution is -2.24. The first-order valence-electron chi connectivity index (χ1n) is 7.93. The molecule has 2 N–H and O–H groups in total. The Morgan fingerprint density at radius 2 is 1.62 bits per heavy atom. The van der Waals surface area contributed by atoms with Gasteiger partial charge in [-0.15, -0.1) is 0 Å². The number of rotatable bonds is 7. The van der Waals surface area contributed by atoms with Crippen molar-refractivity contribution in [3.8, 4) is 0 Å². The fraction of sp³-hybridized carbons (Fsp3) is 0.263. The molecule has 0 heterocycles. The van der Waals surface area contributed by atoms with Crippen molar-refractivity contribution < 1.29 is 9.59 Å². The maximum absolute atomic E-state index is 12.1. The van der Waals surface area contributed by atoms with E-state index in [0.717, 1.165) is 6.54 Å². The Morgan fingerprint density at radius 3 is 2.29 bits per heavy atom. The summed E-state index contributed by atoms with van der Waals surface area (Å²) in [6, 6.07) is 17.3. The van der Waals surface area contributed by atoms with Gasteiger partial charge in [-0.25, -0.2) is 0 Å². The van der Waals surface area contributed by atoms with E-state index in [1.165, 1.54) is 12.5 Å². The largest absolute Gasteiger partial charge is 0.326 e. The second kappa shape index (κ2) is 8.84. The second-order valence-electron chi connectivity index (χ2n) is 5.78. The Labute approximate surface area is 142 Å². The van der Waals surface area contributed by atoms with Gasteiger partial charge in [0, 0.05) is 37.8 Å². The van der Waals surface area contributed by atoms with Crippen LogP contribution in [0.25, 0.3) is 0 Å². The highest BCUT2D eigenvalue weighted by Gasteiger charge is 2.06. The average Bonchev–Trinajstić information content (AvgIpc) is 2.53. The van der Waals surface area contributed by atoms with Crippen molar-refractivity contribution in [2.45, 2.75) is 19.9 Å². The van der Waals surface area contributed by atoms with Crippen LogP contribution >= 0.6 is 0 Å². The number of amides is 2. The van der Waals surface area contributed by atoms with Gasteiger partial charge in [0.15, 0.2) is 0 Å². The standard InChI is InChI=1S/C19H23N3O2/c1-15(23)20-17-9-6-10-18(13-17)21-19(24)11-12-22(2)14-16-7-4-3-5-8-16/h3-10,13H,11-12,14H2,1-2H3,(H,20,23)(H,21,24). The molecule has 5 nitrogen and oxygen atoms in total. The van der Waals surface area contributed by atoms with Gasteiger partial charge < -0.3 is 15.5 Å². The van der Waals surface area contributed by atoms with Gasteiger partial charge >= 0.3 is 0 Å². The van der Waals surface area contributed by atoms with E-state index in [1.807, 2.05) is 25.2 Å². The van der Waals surface area contributed by atoms with Crippen LogP contribution in [0.3, 0.4) is 0 Å². The summed E-state index contributed by atoms with van der Waals surface area (Å²) < 4.78 is 0. The van der Waals surface area contributed by atoms with Gasteiger partial charge in [-0.3, -0.25) is 9.59 Å². The predicted octanol–water partition coefficient (Wildman–Crippen LogP) is 3.11. The molecule has 0 fully saturated rings. The highest BCUT2D eigenvalue weighted by molar-refractivity contribution is 5.93. The SMILES string of the molecule is CC(=O)Nc1cccc(NC(=O)CCN(C)Cc2ccccc2)c1. The quantitative estimate of drug-likeness (QED) is 0.822. The second-order valence-corrected chi connectivity index (χ2v) is 5.78. The molecule has 5 heteroatoms. The Hall–Kier alpha value is -2.66. The Kier molecular flexibility index (Phi) is 6.51. The summed E-state index contributed by atoms with van der Waals surface area (Å²) in [5, 5.41) is 5.56. The van der Waals surface area contributed by atoms with Gasteiger partial charge in [0.1, 0.15) is 0 Å². The van der Waals surface area contributed by atoms with Crippen molar-refractivity contribution in [3.05, 3.63) is 60.2 Å². The molecule has 2 aromatic carbocycles.